The number of rotatable bonds is 7. The van der Waals surface area contributed by atoms with E-state index in [-0.39, 0.29) is 31.3 Å². The first-order chi connectivity index (χ1) is 6.27. The van der Waals surface area contributed by atoms with Crippen LogP contribution in [-0.2, 0) is 14.8 Å². The summed E-state index contributed by atoms with van der Waals surface area (Å²) in [6.45, 7) is 6.33. The van der Waals surface area contributed by atoms with Gasteiger partial charge in [0.05, 0.1) is 12.4 Å². The van der Waals surface area contributed by atoms with Crippen LogP contribution in [-0.4, -0.2) is 39.5 Å². The molecule has 94 valence electrons. The maximum Gasteiger partial charge on any atom is 0.213 e. The van der Waals surface area contributed by atoms with Crippen LogP contribution in [0, 0.1) is 0 Å². The molecule has 0 aromatic rings. The van der Waals surface area contributed by atoms with E-state index in [1.807, 2.05) is 6.92 Å². The van der Waals surface area contributed by atoms with Crippen molar-refractivity contribution in [3.8, 4) is 0 Å². The second kappa shape index (κ2) is 7.40. The molecule has 0 heterocycles. The molecule has 0 spiro atoms. The van der Waals surface area contributed by atoms with Crippen LogP contribution in [0.4, 0.5) is 0 Å². The summed E-state index contributed by atoms with van der Waals surface area (Å²) >= 11 is 0. The fourth-order valence-electron chi connectivity index (χ4n) is 0.681. The third-order valence-electron chi connectivity index (χ3n) is 1.45. The van der Waals surface area contributed by atoms with E-state index < -0.39 is 15.6 Å². The van der Waals surface area contributed by atoms with E-state index in [2.05, 4.69) is 4.72 Å². The first-order valence-corrected chi connectivity index (χ1v) is 6.26. The van der Waals surface area contributed by atoms with Crippen molar-refractivity contribution in [3.05, 3.63) is 0 Å². The summed E-state index contributed by atoms with van der Waals surface area (Å²) in [6, 6.07) is 0. The number of nitrogens with two attached hydrogens (primary N) is 1. The van der Waals surface area contributed by atoms with Gasteiger partial charge in [-0.05, 0) is 20.8 Å². The van der Waals surface area contributed by atoms with E-state index in [1.54, 1.807) is 13.8 Å². The molecular formula is C8H21ClN2O3S. The molecule has 0 aliphatic heterocycles. The van der Waals surface area contributed by atoms with Gasteiger partial charge in [-0.25, -0.2) is 13.1 Å². The number of hydrogen-bond acceptors (Lipinski definition) is 4. The fourth-order valence-corrected chi connectivity index (χ4v) is 1.75. The molecule has 0 aliphatic carbocycles. The molecular weight excluding hydrogens is 240 g/mol. The lowest BCUT2D eigenvalue weighted by molar-refractivity contribution is 0.163. The molecule has 0 unspecified atom stereocenters. The highest BCUT2D eigenvalue weighted by Gasteiger charge is 2.16. The summed E-state index contributed by atoms with van der Waals surface area (Å²) in [4.78, 5) is 0. The van der Waals surface area contributed by atoms with Gasteiger partial charge < -0.3 is 10.5 Å². The van der Waals surface area contributed by atoms with Gasteiger partial charge in [0.2, 0.25) is 10.0 Å². The van der Waals surface area contributed by atoms with Gasteiger partial charge in [-0.2, -0.15) is 0 Å². The third-order valence-corrected chi connectivity index (χ3v) is 2.74. The van der Waals surface area contributed by atoms with Crippen molar-refractivity contribution in [1.82, 2.24) is 4.72 Å². The molecule has 0 radical (unpaired) electrons. The minimum Gasteiger partial charge on any atom is -0.381 e. The Morgan fingerprint density at radius 3 is 2.33 bits per heavy atom. The van der Waals surface area contributed by atoms with Crippen molar-refractivity contribution in [1.29, 1.82) is 0 Å². The highest BCUT2D eigenvalue weighted by atomic mass is 35.5. The quantitative estimate of drug-likeness (QED) is 0.637. The van der Waals surface area contributed by atoms with Gasteiger partial charge in [0, 0.05) is 18.7 Å². The average Bonchev–Trinajstić information content (AvgIpc) is 2.00. The van der Waals surface area contributed by atoms with Gasteiger partial charge in [-0.15, -0.1) is 12.4 Å². The minimum absolute atomic E-state index is 0. The monoisotopic (exact) mass is 260 g/mol. The predicted molar refractivity (Wildman–Crippen MR) is 63.8 cm³/mol. The van der Waals surface area contributed by atoms with Gasteiger partial charge in [-0.1, -0.05) is 0 Å². The highest BCUT2D eigenvalue weighted by molar-refractivity contribution is 7.89. The summed E-state index contributed by atoms with van der Waals surface area (Å²) < 4.78 is 30.0. The largest absolute Gasteiger partial charge is 0.381 e. The van der Waals surface area contributed by atoms with Gasteiger partial charge in [0.15, 0.2) is 0 Å². The molecule has 7 heteroatoms. The fraction of sp³-hybridized carbons (Fsp3) is 1.00. The zero-order valence-electron chi connectivity index (χ0n) is 9.45. The molecule has 0 saturated carbocycles. The van der Waals surface area contributed by atoms with Gasteiger partial charge in [0.1, 0.15) is 0 Å². The molecule has 0 fully saturated rings. The Bertz CT molecular complexity index is 249. The van der Waals surface area contributed by atoms with Crippen LogP contribution in [0.15, 0.2) is 0 Å². The lowest BCUT2D eigenvalue weighted by Crippen LogP contribution is -2.45. The van der Waals surface area contributed by atoms with Crippen molar-refractivity contribution >= 4 is 22.4 Å². The van der Waals surface area contributed by atoms with E-state index in [9.17, 15) is 8.42 Å². The number of halogens is 1. The number of nitrogens with one attached hydrogen (secondary N) is 1. The molecule has 15 heavy (non-hydrogen) atoms. The minimum atomic E-state index is -3.24. The number of ether oxygens (including phenoxy) is 1. The Morgan fingerprint density at radius 2 is 1.93 bits per heavy atom. The van der Waals surface area contributed by atoms with Crippen molar-refractivity contribution in [2.75, 3.05) is 25.5 Å². The first-order valence-electron chi connectivity index (χ1n) is 4.61. The lowest BCUT2D eigenvalue weighted by atomic mass is 10.1. The zero-order chi connectivity index (χ0) is 11.2. The second-order valence-electron chi connectivity index (χ2n) is 3.83. The van der Waals surface area contributed by atoms with Crippen molar-refractivity contribution in [2.45, 2.75) is 26.3 Å². The standard InChI is InChI=1S/C8H20N2O3S.ClH/c1-4-13-5-6-14(11,12)10-7-8(2,3)9;/h10H,4-7,9H2,1-3H3;1H. The molecule has 0 rings (SSSR count). The summed E-state index contributed by atoms with van der Waals surface area (Å²) in [6.07, 6.45) is 0. The van der Waals surface area contributed by atoms with Crippen LogP contribution in [0.25, 0.3) is 0 Å². The van der Waals surface area contributed by atoms with E-state index in [0.717, 1.165) is 0 Å². The number of hydrogen-bond donors (Lipinski definition) is 2. The normalized spacial score (nSPS) is 12.3. The summed E-state index contributed by atoms with van der Waals surface area (Å²) in [5.74, 6) is -0.0169. The Balaban J connectivity index is 0. The molecule has 0 bridgehead atoms. The van der Waals surface area contributed by atoms with Crippen LogP contribution in [0.2, 0.25) is 0 Å². The first kappa shape index (κ1) is 17.5. The topological polar surface area (TPSA) is 81.4 Å². The van der Waals surface area contributed by atoms with Gasteiger partial charge >= 0.3 is 0 Å². The Labute approximate surface area is 98.2 Å². The maximum absolute atomic E-state index is 11.3. The molecule has 0 amide bonds. The molecule has 5 nitrogen and oxygen atoms in total. The Hall–Kier alpha value is 0.120. The van der Waals surface area contributed by atoms with Crippen molar-refractivity contribution in [2.24, 2.45) is 5.73 Å². The van der Waals surface area contributed by atoms with E-state index >= 15 is 0 Å². The SMILES string of the molecule is CCOCCS(=O)(=O)NCC(C)(C)N.Cl. The molecule has 0 aliphatic rings. The number of sulfonamides is 1. The third kappa shape index (κ3) is 12.0. The van der Waals surface area contributed by atoms with Crippen LogP contribution in [0.3, 0.4) is 0 Å². The van der Waals surface area contributed by atoms with Crippen LogP contribution >= 0.6 is 12.4 Å². The molecule has 0 atom stereocenters. The van der Waals surface area contributed by atoms with Crippen LogP contribution < -0.4 is 10.5 Å². The Kier molecular flexibility index (Phi) is 8.64. The summed E-state index contributed by atoms with van der Waals surface area (Å²) in [7, 11) is -3.24. The molecule has 3 N–H and O–H groups in total. The smallest absolute Gasteiger partial charge is 0.213 e. The van der Waals surface area contributed by atoms with Crippen LogP contribution in [0.1, 0.15) is 20.8 Å². The highest BCUT2D eigenvalue weighted by Crippen LogP contribution is 1.95. The zero-order valence-corrected chi connectivity index (χ0v) is 11.1. The van der Waals surface area contributed by atoms with E-state index in [0.29, 0.717) is 6.61 Å². The van der Waals surface area contributed by atoms with Crippen LogP contribution in [0.5, 0.6) is 0 Å². The van der Waals surface area contributed by atoms with Gasteiger partial charge in [-0.3, -0.25) is 0 Å². The molecule has 0 aromatic carbocycles. The van der Waals surface area contributed by atoms with E-state index in [4.69, 9.17) is 10.5 Å². The molecule has 0 saturated heterocycles. The maximum atomic E-state index is 11.3. The summed E-state index contributed by atoms with van der Waals surface area (Å²) in [5.41, 5.74) is 5.11. The lowest BCUT2D eigenvalue weighted by Gasteiger charge is -2.18. The van der Waals surface area contributed by atoms with Gasteiger partial charge in [0.25, 0.3) is 0 Å². The van der Waals surface area contributed by atoms with E-state index in [1.165, 1.54) is 0 Å². The van der Waals surface area contributed by atoms with Crippen molar-refractivity contribution < 1.29 is 13.2 Å². The second-order valence-corrected chi connectivity index (χ2v) is 5.75. The predicted octanol–water partition coefficient (Wildman–Crippen LogP) is 0.101. The molecule has 0 aromatic heterocycles. The summed E-state index contributed by atoms with van der Waals surface area (Å²) in [5, 5.41) is 0. The Morgan fingerprint density at radius 1 is 1.40 bits per heavy atom. The average molecular weight is 261 g/mol. The van der Waals surface area contributed by atoms with Crippen molar-refractivity contribution in [3.63, 3.8) is 0 Å².